The van der Waals surface area contributed by atoms with Gasteiger partial charge < -0.3 is 19.3 Å². The number of amides is 1. The third-order valence-corrected chi connectivity index (χ3v) is 4.76. The first-order chi connectivity index (χ1) is 11.7. The summed E-state index contributed by atoms with van der Waals surface area (Å²) in [4.78, 5) is 27.8. The molecule has 2 aliphatic rings. The Morgan fingerprint density at radius 3 is 2.56 bits per heavy atom. The fourth-order valence-corrected chi connectivity index (χ4v) is 2.98. The number of rotatable bonds is 5. The Morgan fingerprint density at radius 1 is 1.32 bits per heavy atom. The van der Waals surface area contributed by atoms with Crippen LogP contribution in [0.25, 0.3) is 0 Å². The van der Waals surface area contributed by atoms with Crippen LogP contribution in [-0.4, -0.2) is 41.5 Å². The Kier molecular flexibility index (Phi) is 4.47. The Balaban J connectivity index is 1.54. The average Bonchev–Trinajstić information content (AvgIpc) is 3.12. The summed E-state index contributed by atoms with van der Waals surface area (Å²) in [6, 6.07) is 0. The largest absolute Gasteiger partial charge is 0.469 e. The lowest BCUT2D eigenvalue weighted by atomic mass is 9.75. The monoisotopic (exact) mass is 351 g/mol. The number of aromatic nitrogens is 2. The van der Waals surface area contributed by atoms with Gasteiger partial charge >= 0.3 is 12.1 Å². The van der Waals surface area contributed by atoms with Crippen molar-refractivity contribution in [2.45, 2.75) is 63.4 Å². The van der Waals surface area contributed by atoms with E-state index in [0.717, 1.165) is 12.8 Å². The van der Waals surface area contributed by atoms with Gasteiger partial charge in [0.2, 0.25) is 5.89 Å². The van der Waals surface area contributed by atoms with Gasteiger partial charge in [-0.15, -0.1) is 0 Å². The maximum absolute atomic E-state index is 11.8. The number of esters is 1. The molecule has 3 rings (SSSR count). The van der Waals surface area contributed by atoms with E-state index in [2.05, 4.69) is 15.5 Å². The smallest absolute Gasteiger partial charge is 0.407 e. The molecule has 1 heterocycles. The number of alkyl carbamates (subject to hydrolysis) is 1. The molecular weight excluding hydrogens is 326 g/mol. The Bertz CT molecular complexity index is 653. The number of carbonyl (C=O) groups excluding carboxylic acids is 2. The molecule has 0 spiro atoms. The van der Waals surface area contributed by atoms with Crippen LogP contribution in [0.15, 0.2) is 4.52 Å². The fraction of sp³-hybridized carbons (Fsp3) is 0.765. The second-order valence-electron chi connectivity index (χ2n) is 7.98. The maximum atomic E-state index is 11.8. The van der Waals surface area contributed by atoms with Gasteiger partial charge in [-0.2, -0.15) is 4.98 Å². The van der Waals surface area contributed by atoms with Crippen LogP contribution in [0.5, 0.6) is 0 Å². The summed E-state index contributed by atoms with van der Waals surface area (Å²) in [7, 11) is 1.40. The molecule has 0 aliphatic heterocycles. The van der Waals surface area contributed by atoms with Gasteiger partial charge in [-0.25, -0.2) is 4.79 Å². The molecule has 1 aromatic heterocycles. The van der Waals surface area contributed by atoms with Crippen LogP contribution in [0.2, 0.25) is 0 Å². The highest BCUT2D eigenvalue weighted by molar-refractivity contribution is 5.73. The highest BCUT2D eigenvalue weighted by atomic mass is 16.6. The molecule has 1 amide bonds. The number of methoxy groups -OCH3 is 1. The highest BCUT2D eigenvalue weighted by Gasteiger charge is 2.50. The summed E-state index contributed by atoms with van der Waals surface area (Å²) in [6.45, 7) is 5.90. The van der Waals surface area contributed by atoms with Gasteiger partial charge in [-0.05, 0) is 46.5 Å². The zero-order valence-corrected chi connectivity index (χ0v) is 15.1. The van der Waals surface area contributed by atoms with E-state index in [9.17, 15) is 9.59 Å². The third kappa shape index (κ3) is 3.93. The quantitative estimate of drug-likeness (QED) is 0.812. The first kappa shape index (κ1) is 17.7. The van der Waals surface area contributed by atoms with Gasteiger partial charge in [0.25, 0.3) is 0 Å². The van der Waals surface area contributed by atoms with Crippen molar-refractivity contribution >= 4 is 12.1 Å². The summed E-state index contributed by atoms with van der Waals surface area (Å²) in [5, 5.41) is 6.89. The highest BCUT2D eigenvalue weighted by Crippen LogP contribution is 2.48. The predicted molar refractivity (Wildman–Crippen MR) is 86.9 cm³/mol. The average molecular weight is 351 g/mol. The van der Waals surface area contributed by atoms with Crippen molar-refractivity contribution in [2.24, 2.45) is 5.92 Å². The molecule has 8 heteroatoms. The molecule has 2 saturated carbocycles. The molecule has 0 radical (unpaired) electrons. The van der Waals surface area contributed by atoms with Gasteiger partial charge in [0.15, 0.2) is 5.82 Å². The van der Waals surface area contributed by atoms with Crippen LogP contribution in [-0.2, 0) is 19.7 Å². The molecule has 0 atom stereocenters. The predicted octanol–water partition coefficient (Wildman–Crippen LogP) is 2.29. The maximum Gasteiger partial charge on any atom is 0.407 e. The summed E-state index contributed by atoms with van der Waals surface area (Å²) >= 11 is 0. The summed E-state index contributed by atoms with van der Waals surface area (Å²) in [5.74, 6) is 1.05. The molecule has 2 aliphatic carbocycles. The van der Waals surface area contributed by atoms with E-state index in [-0.39, 0.29) is 23.2 Å². The summed E-state index contributed by atoms with van der Waals surface area (Å²) < 4.78 is 15.4. The van der Waals surface area contributed by atoms with Crippen LogP contribution in [0, 0.1) is 5.92 Å². The zero-order chi connectivity index (χ0) is 18.2. The molecule has 8 nitrogen and oxygen atoms in total. The fourth-order valence-electron chi connectivity index (χ4n) is 2.98. The molecule has 1 N–H and O–H groups in total. The van der Waals surface area contributed by atoms with Crippen molar-refractivity contribution < 1.29 is 23.6 Å². The summed E-state index contributed by atoms with van der Waals surface area (Å²) in [6.07, 6.45) is 2.71. The zero-order valence-electron chi connectivity index (χ0n) is 15.1. The lowest BCUT2D eigenvalue weighted by Gasteiger charge is -2.30. The molecule has 0 unspecified atom stereocenters. The third-order valence-electron chi connectivity index (χ3n) is 4.76. The van der Waals surface area contributed by atoms with Gasteiger partial charge in [0, 0.05) is 12.5 Å². The van der Waals surface area contributed by atoms with Crippen molar-refractivity contribution in [3.63, 3.8) is 0 Å². The Morgan fingerprint density at radius 2 is 2.00 bits per heavy atom. The van der Waals surface area contributed by atoms with Crippen LogP contribution in [0.4, 0.5) is 4.79 Å². The lowest BCUT2D eigenvalue weighted by molar-refractivity contribution is -0.149. The van der Waals surface area contributed by atoms with Gasteiger partial charge in [0.05, 0.1) is 18.4 Å². The van der Waals surface area contributed by atoms with E-state index in [1.807, 2.05) is 20.8 Å². The van der Waals surface area contributed by atoms with Crippen molar-refractivity contribution in [3.8, 4) is 0 Å². The van der Waals surface area contributed by atoms with Crippen molar-refractivity contribution in [2.75, 3.05) is 13.7 Å². The lowest BCUT2D eigenvalue weighted by Crippen LogP contribution is -2.37. The van der Waals surface area contributed by atoms with Crippen LogP contribution < -0.4 is 5.32 Å². The van der Waals surface area contributed by atoms with E-state index in [4.69, 9.17) is 14.0 Å². The van der Waals surface area contributed by atoms with E-state index in [1.54, 1.807) is 0 Å². The standard InChI is InChI=1S/C17H25N3O5/c1-16(2,3)24-15(22)18-9-17(5-6-17)14-19-12(25-20-14)10-7-11(8-10)13(21)23-4/h10-11H,5-9H2,1-4H3,(H,18,22). The molecule has 2 fully saturated rings. The number of nitrogens with zero attached hydrogens (tertiary/aromatic N) is 2. The summed E-state index contributed by atoms with van der Waals surface area (Å²) in [5.41, 5.74) is -0.787. The van der Waals surface area contributed by atoms with E-state index >= 15 is 0 Å². The molecule has 25 heavy (non-hydrogen) atoms. The minimum atomic E-state index is -0.527. The number of nitrogens with one attached hydrogen (secondary N) is 1. The van der Waals surface area contributed by atoms with Crippen LogP contribution in [0.1, 0.15) is 64.1 Å². The molecular formula is C17H25N3O5. The van der Waals surface area contributed by atoms with Crippen molar-refractivity contribution in [3.05, 3.63) is 11.7 Å². The molecule has 1 aromatic rings. The second kappa shape index (κ2) is 6.31. The number of carbonyl (C=O) groups is 2. The molecule has 0 aromatic carbocycles. The first-order valence-corrected chi connectivity index (χ1v) is 8.61. The van der Waals surface area contributed by atoms with E-state index in [1.165, 1.54) is 7.11 Å². The second-order valence-corrected chi connectivity index (χ2v) is 7.98. The van der Waals surface area contributed by atoms with Crippen LogP contribution >= 0.6 is 0 Å². The van der Waals surface area contributed by atoms with Gasteiger partial charge in [-0.3, -0.25) is 4.79 Å². The minimum absolute atomic E-state index is 0.0749. The van der Waals surface area contributed by atoms with Crippen LogP contribution in [0.3, 0.4) is 0 Å². The number of ether oxygens (including phenoxy) is 2. The number of hydrogen-bond donors (Lipinski definition) is 1. The van der Waals surface area contributed by atoms with Gasteiger partial charge in [0.1, 0.15) is 5.60 Å². The van der Waals surface area contributed by atoms with Crippen molar-refractivity contribution in [1.82, 2.24) is 15.5 Å². The van der Waals surface area contributed by atoms with E-state index < -0.39 is 11.7 Å². The minimum Gasteiger partial charge on any atom is -0.469 e. The molecule has 0 bridgehead atoms. The number of hydrogen-bond acceptors (Lipinski definition) is 7. The topological polar surface area (TPSA) is 104 Å². The normalized spacial score (nSPS) is 24.2. The Hall–Kier alpha value is -2.12. The first-order valence-electron chi connectivity index (χ1n) is 8.61. The van der Waals surface area contributed by atoms with Crippen molar-refractivity contribution in [1.29, 1.82) is 0 Å². The SMILES string of the molecule is COC(=O)C1CC(c2nc(C3(CNC(=O)OC(C)(C)C)CC3)no2)C1. The molecule has 0 saturated heterocycles. The van der Waals surface area contributed by atoms with Gasteiger partial charge in [-0.1, -0.05) is 5.16 Å². The van der Waals surface area contributed by atoms with E-state index in [0.29, 0.717) is 31.1 Å². The molecule has 138 valence electrons. The Labute approximate surface area is 146 Å².